The number of carbonyl (C=O) groups is 1. The van der Waals surface area contributed by atoms with E-state index in [1.54, 1.807) is 25.1 Å². The molecule has 5 heteroatoms. The molecule has 0 aliphatic carbocycles. The first-order valence-electron chi connectivity index (χ1n) is 7.82. The van der Waals surface area contributed by atoms with E-state index in [0.717, 1.165) is 10.8 Å². The number of fused-ring (bicyclic) bond motifs is 1. The summed E-state index contributed by atoms with van der Waals surface area (Å²) in [6, 6.07) is 14.6. The summed E-state index contributed by atoms with van der Waals surface area (Å²) in [6.45, 7) is 3.90. The molecule has 3 aromatic rings. The molecule has 0 radical (unpaired) electrons. The average molecular weight is 375 g/mol. The third kappa shape index (κ3) is 3.89. The van der Waals surface area contributed by atoms with Crippen LogP contribution in [0.1, 0.15) is 24.2 Å². The summed E-state index contributed by atoms with van der Waals surface area (Å²) in [5.41, 5.74) is 0.686. The first kappa shape index (κ1) is 17.6. The van der Waals surface area contributed by atoms with Crippen LogP contribution in [0.2, 0.25) is 10.0 Å². The fourth-order valence-corrected chi connectivity index (χ4v) is 3.10. The molecule has 0 amide bonds. The Morgan fingerprint density at radius 2 is 1.56 bits per heavy atom. The third-order valence-electron chi connectivity index (χ3n) is 3.71. The SMILES string of the molecule is CCOc1c(Cl)cc(Oc2ccc3cc(C(C)=O)ccc3c2)cc1Cl. The molecular formula is C20H16Cl2O3. The number of rotatable bonds is 5. The van der Waals surface area contributed by atoms with Crippen molar-refractivity contribution in [3.8, 4) is 17.2 Å². The number of hydrogen-bond acceptors (Lipinski definition) is 3. The first-order valence-corrected chi connectivity index (χ1v) is 8.58. The van der Waals surface area contributed by atoms with Crippen LogP contribution in [0.4, 0.5) is 0 Å². The van der Waals surface area contributed by atoms with Crippen LogP contribution < -0.4 is 9.47 Å². The number of halogens is 2. The lowest BCUT2D eigenvalue weighted by Crippen LogP contribution is -1.94. The fraction of sp³-hybridized carbons (Fsp3) is 0.150. The second-order valence-electron chi connectivity index (χ2n) is 5.53. The van der Waals surface area contributed by atoms with Gasteiger partial charge in [0.05, 0.1) is 16.7 Å². The highest BCUT2D eigenvalue weighted by atomic mass is 35.5. The molecule has 0 unspecified atom stereocenters. The van der Waals surface area contributed by atoms with Crippen molar-refractivity contribution in [3.05, 3.63) is 64.1 Å². The molecular weight excluding hydrogens is 359 g/mol. The maximum Gasteiger partial charge on any atom is 0.159 e. The van der Waals surface area contributed by atoms with Crippen LogP contribution in [0.15, 0.2) is 48.5 Å². The van der Waals surface area contributed by atoms with Gasteiger partial charge in [0.2, 0.25) is 0 Å². The van der Waals surface area contributed by atoms with Gasteiger partial charge < -0.3 is 9.47 Å². The Balaban J connectivity index is 1.90. The molecule has 25 heavy (non-hydrogen) atoms. The number of ketones is 1. The van der Waals surface area contributed by atoms with Crippen LogP contribution in [0, 0.1) is 0 Å². The third-order valence-corrected chi connectivity index (χ3v) is 4.28. The molecule has 0 saturated carbocycles. The smallest absolute Gasteiger partial charge is 0.159 e. The molecule has 0 atom stereocenters. The Labute approximate surface area is 156 Å². The van der Waals surface area contributed by atoms with Crippen LogP contribution in [-0.4, -0.2) is 12.4 Å². The van der Waals surface area contributed by atoms with Crippen LogP contribution >= 0.6 is 23.2 Å². The van der Waals surface area contributed by atoms with E-state index in [1.807, 2.05) is 37.3 Å². The zero-order chi connectivity index (χ0) is 18.0. The molecule has 3 rings (SSSR count). The number of benzene rings is 3. The van der Waals surface area contributed by atoms with Crippen molar-refractivity contribution in [1.29, 1.82) is 0 Å². The Bertz CT molecular complexity index is 928. The van der Waals surface area contributed by atoms with Crippen LogP contribution in [0.25, 0.3) is 10.8 Å². The molecule has 0 spiro atoms. The van der Waals surface area contributed by atoms with Crippen molar-refractivity contribution in [1.82, 2.24) is 0 Å². The van der Waals surface area contributed by atoms with Crippen molar-refractivity contribution >= 4 is 39.8 Å². The Kier molecular flexibility index (Phi) is 5.16. The van der Waals surface area contributed by atoms with Gasteiger partial charge in [-0.25, -0.2) is 0 Å². The predicted octanol–water partition coefficient (Wildman–Crippen LogP) is 6.54. The lowest BCUT2D eigenvalue weighted by atomic mass is 10.0. The topological polar surface area (TPSA) is 35.5 Å². The molecule has 3 aromatic carbocycles. The van der Waals surface area contributed by atoms with E-state index in [9.17, 15) is 4.79 Å². The summed E-state index contributed by atoms with van der Waals surface area (Å²) < 4.78 is 11.3. The van der Waals surface area contributed by atoms with Crippen molar-refractivity contribution < 1.29 is 14.3 Å². The van der Waals surface area contributed by atoms with Crippen LogP contribution in [-0.2, 0) is 0 Å². The van der Waals surface area contributed by atoms with E-state index in [-0.39, 0.29) is 5.78 Å². The fourth-order valence-electron chi connectivity index (χ4n) is 2.52. The first-order chi connectivity index (χ1) is 12.0. The van der Waals surface area contributed by atoms with E-state index in [0.29, 0.717) is 39.5 Å². The quantitative estimate of drug-likeness (QED) is 0.475. The van der Waals surface area contributed by atoms with Gasteiger partial charge in [-0.2, -0.15) is 0 Å². The van der Waals surface area contributed by atoms with Crippen molar-refractivity contribution in [2.24, 2.45) is 0 Å². The van der Waals surface area contributed by atoms with Gasteiger partial charge in [0, 0.05) is 17.7 Å². The normalized spacial score (nSPS) is 10.7. The van der Waals surface area contributed by atoms with Crippen LogP contribution in [0.5, 0.6) is 17.2 Å². The minimum atomic E-state index is 0.0425. The zero-order valence-electron chi connectivity index (χ0n) is 13.8. The molecule has 0 fully saturated rings. The molecule has 3 nitrogen and oxygen atoms in total. The van der Waals surface area contributed by atoms with Crippen LogP contribution in [0.3, 0.4) is 0 Å². The van der Waals surface area contributed by atoms with Gasteiger partial charge in [0.1, 0.15) is 11.5 Å². The van der Waals surface area contributed by atoms with Gasteiger partial charge in [-0.3, -0.25) is 4.79 Å². The van der Waals surface area contributed by atoms with Gasteiger partial charge >= 0.3 is 0 Å². The minimum Gasteiger partial charge on any atom is -0.491 e. The maximum atomic E-state index is 11.5. The van der Waals surface area contributed by atoms with E-state index < -0.39 is 0 Å². The highest BCUT2D eigenvalue weighted by molar-refractivity contribution is 6.37. The highest BCUT2D eigenvalue weighted by Gasteiger charge is 2.11. The number of carbonyl (C=O) groups excluding carboxylic acids is 1. The van der Waals surface area contributed by atoms with Gasteiger partial charge in [-0.15, -0.1) is 0 Å². The number of Topliss-reactive ketones (excluding diaryl/α,β-unsaturated/α-hetero) is 1. The van der Waals surface area contributed by atoms with Gasteiger partial charge in [-0.05, 0) is 42.8 Å². The highest BCUT2D eigenvalue weighted by Crippen LogP contribution is 2.38. The molecule has 0 heterocycles. The lowest BCUT2D eigenvalue weighted by molar-refractivity contribution is 0.101. The molecule has 0 aliphatic heterocycles. The minimum absolute atomic E-state index is 0.0425. The van der Waals surface area contributed by atoms with E-state index in [4.69, 9.17) is 32.7 Å². The summed E-state index contributed by atoms with van der Waals surface area (Å²) in [5, 5.41) is 2.75. The largest absolute Gasteiger partial charge is 0.491 e. The molecule has 0 saturated heterocycles. The Hall–Kier alpha value is -2.23. The van der Waals surface area contributed by atoms with E-state index >= 15 is 0 Å². The monoisotopic (exact) mass is 374 g/mol. The summed E-state index contributed by atoms with van der Waals surface area (Å²) in [5.74, 6) is 1.67. The summed E-state index contributed by atoms with van der Waals surface area (Å²) in [4.78, 5) is 11.5. The standard InChI is InChI=1S/C20H16Cl2O3/c1-3-24-20-18(21)10-17(11-19(20)22)25-16-7-6-14-8-13(12(2)23)4-5-15(14)9-16/h4-11H,3H2,1-2H3. The summed E-state index contributed by atoms with van der Waals surface area (Å²) >= 11 is 12.4. The average Bonchev–Trinajstić information content (AvgIpc) is 2.57. The van der Waals surface area contributed by atoms with Gasteiger partial charge in [0.25, 0.3) is 0 Å². The molecule has 128 valence electrons. The molecule has 0 N–H and O–H groups in total. The molecule has 0 aromatic heterocycles. The van der Waals surface area contributed by atoms with Crippen molar-refractivity contribution in [2.45, 2.75) is 13.8 Å². The van der Waals surface area contributed by atoms with E-state index in [2.05, 4.69) is 0 Å². The molecule has 0 bridgehead atoms. The second kappa shape index (κ2) is 7.34. The van der Waals surface area contributed by atoms with Gasteiger partial charge in [-0.1, -0.05) is 41.4 Å². The van der Waals surface area contributed by atoms with Crippen molar-refractivity contribution in [2.75, 3.05) is 6.61 Å². The predicted molar refractivity (Wildman–Crippen MR) is 102 cm³/mol. The maximum absolute atomic E-state index is 11.5. The Morgan fingerprint density at radius 1 is 0.920 bits per heavy atom. The number of ether oxygens (including phenoxy) is 2. The van der Waals surface area contributed by atoms with Crippen molar-refractivity contribution in [3.63, 3.8) is 0 Å². The Morgan fingerprint density at radius 3 is 2.20 bits per heavy atom. The summed E-state index contributed by atoms with van der Waals surface area (Å²) in [6.07, 6.45) is 0. The second-order valence-corrected chi connectivity index (χ2v) is 6.35. The van der Waals surface area contributed by atoms with Gasteiger partial charge in [0.15, 0.2) is 11.5 Å². The number of hydrogen-bond donors (Lipinski definition) is 0. The summed E-state index contributed by atoms with van der Waals surface area (Å²) in [7, 11) is 0. The van der Waals surface area contributed by atoms with E-state index in [1.165, 1.54) is 0 Å². The lowest BCUT2D eigenvalue weighted by Gasteiger charge is -2.12. The zero-order valence-corrected chi connectivity index (χ0v) is 15.3. The molecule has 0 aliphatic rings.